The summed E-state index contributed by atoms with van der Waals surface area (Å²) in [6.07, 6.45) is -0.425. The minimum atomic E-state index is -4.95. The van der Waals surface area contributed by atoms with Crippen LogP contribution in [0.2, 0.25) is 0 Å². The molecule has 1 aromatic carbocycles. The van der Waals surface area contributed by atoms with Crippen LogP contribution in [0, 0.1) is 17.8 Å². The number of rotatable bonds is 10. The number of carbonyl (C=O) groups is 5. The smallest absolute Gasteiger partial charge is 0.427 e. The highest BCUT2D eigenvalue weighted by atomic mass is 32.2. The Balaban J connectivity index is 1.39. The summed E-state index contributed by atoms with van der Waals surface area (Å²) in [5.41, 5.74) is -4.76. The second-order valence-corrected chi connectivity index (χ2v) is 18.6. The van der Waals surface area contributed by atoms with Crippen molar-refractivity contribution in [3.05, 3.63) is 42.1 Å². The molecule has 6 rings (SSSR count). The number of ether oxygens (including phenoxy) is 3. The summed E-state index contributed by atoms with van der Waals surface area (Å²) in [5, 5.41) is 14.8. The van der Waals surface area contributed by atoms with Crippen LogP contribution in [-0.2, 0) is 29.1 Å². The fourth-order valence-corrected chi connectivity index (χ4v) is 9.27. The van der Waals surface area contributed by atoms with Crippen molar-refractivity contribution in [3.8, 4) is 11.6 Å². The maximum Gasteiger partial charge on any atom is 0.427 e. The predicted molar refractivity (Wildman–Crippen MR) is 208 cm³/mol. The molecule has 0 spiro atoms. The number of carboxylic acid groups (broad SMARTS) is 1. The number of alkyl halides is 3. The molecule has 2 aliphatic carbocycles. The minimum Gasteiger partial charge on any atom is -0.497 e. The Morgan fingerprint density at radius 2 is 1.82 bits per heavy atom. The summed E-state index contributed by atoms with van der Waals surface area (Å²) in [5.74, 6) is -4.87. The first-order valence-electron chi connectivity index (χ1n) is 19.9. The second-order valence-electron chi connectivity index (χ2n) is 16.7. The third-order valence-corrected chi connectivity index (χ3v) is 13.7. The Kier molecular flexibility index (Phi) is 12.4. The molecule has 1 aromatic heterocycles. The highest BCUT2D eigenvalue weighted by Gasteiger charge is 2.62. The normalized spacial score (nSPS) is 28.2. The summed E-state index contributed by atoms with van der Waals surface area (Å²) in [6, 6.07) is 1.69. The molecule has 60 heavy (non-hydrogen) atoms. The molecule has 2 aromatic rings. The second kappa shape index (κ2) is 16.7. The van der Waals surface area contributed by atoms with Crippen LogP contribution in [0.15, 0.2) is 36.5 Å². The molecule has 0 bridgehead atoms. The van der Waals surface area contributed by atoms with E-state index in [9.17, 15) is 50.7 Å². The van der Waals surface area contributed by atoms with Gasteiger partial charge in [0, 0.05) is 29.3 Å². The van der Waals surface area contributed by atoms with Gasteiger partial charge in [0.15, 0.2) is 0 Å². The average Bonchev–Trinajstić information content (AvgIpc) is 4.10. The van der Waals surface area contributed by atoms with Gasteiger partial charge >= 0.3 is 18.2 Å². The molecule has 16 nitrogen and oxygen atoms in total. The number of nitrogens with one attached hydrogen (secondary N) is 3. The number of pyridine rings is 1. The molecule has 4 N–H and O–H groups in total. The largest absolute Gasteiger partial charge is 0.497 e. The minimum absolute atomic E-state index is 0.0420. The van der Waals surface area contributed by atoms with Gasteiger partial charge in [-0.3, -0.25) is 19.1 Å². The van der Waals surface area contributed by atoms with Gasteiger partial charge < -0.3 is 34.9 Å². The number of carbonyl (C=O) groups excluding carboxylic acids is 4. The third-order valence-electron chi connectivity index (χ3n) is 11.8. The van der Waals surface area contributed by atoms with E-state index in [-0.39, 0.29) is 47.5 Å². The number of amides is 4. The van der Waals surface area contributed by atoms with Crippen molar-refractivity contribution in [2.24, 2.45) is 17.8 Å². The van der Waals surface area contributed by atoms with Crippen molar-refractivity contribution in [1.82, 2.24) is 25.2 Å². The first kappa shape index (κ1) is 44.4. The van der Waals surface area contributed by atoms with Crippen molar-refractivity contribution < 1.29 is 64.9 Å². The molecule has 0 unspecified atom stereocenters. The highest BCUT2D eigenvalue weighted by molar-refractivity contribution is 7.91. The summed E-state index contributed by atoms with van der Waals surface area (Å²) < 4.78 is 85.7. The molecule has 328 valence electrons. The van der Waals surface area contributed by atoms with E-state index in [0.29, 0.717) is 58.1 Å². The first-order chi connectivity index (χ1) is 28.1. The van der Waals surface area contributed by atoms with Gasteiger partial charge in [0.2, 0.25) is 33.3 Å². The zero-order chi connectivity index (χ0) is 43.9. The summed E-state index contributed by atoms with van der Waals surface area (Å²) in [6.45, 7) is 4.71. The van der Waals surface area contributed by atoms with E-state index in [1.165, 1.54) is 19.2 Å². The van der Waals surface area contributed by atoms with E-state index in [1.54, 1.807) is 19.1 Å². The number of aromatic nitrogens is 1. The van der Waals surface area contributed by atoms with Crippen LogP contribution in [0.25, 0.3) is 10.8 Å². The quantitative estimate of drug-likeness (QED) is 0.241. The fourth-order valence-electron chi connectivity index (χ4n) is 7.91. The number of allylic oxidation sites excluding steroid dienone is 1. The maximum absolute atomic E-state index is 14.9. The van der Waals surface area contributed by atoms with Gasteiger partial charge in [-0.25, -0.2) is 23.0 Å². The van der Waals surface area contributed by atoms with E-state index in [4.69, 9.17) is 14.2 Å². The SMILES string of the molecule is CC[C@@H]1C[C@H](C)CC/C=C\[C@@H]2C[C@@]2(C(=O)NS(=O)(=O)C2CC2)NC(=O)[C@@H]2C[C@@H](Oc3ncc(C(=O)O)c4cc(OC)ccc34)CN2C(=O)[C@H]1NC(=O)OC(C)(C)C(F)(F)F. The summed E-state index contributed by atoms with van der Waals surface area (Å²) >= 11 is 0. The monoisotopic (exact) mass is 865 g/mol. The van der Waals surface area contributed by atoms with Gasteiger partial charge in [-0.05, 0) is 82.4 Å². The van der Waals surface area contributed by atoms with E-state index < -0.39 is 92.4 Å². The summed E-state index contributed by atoms with van der Waals surface area (Å²) in [7, 11) is -2.62. The Morgan fingerprint density at radius 3 is 2.45 bits per heavy atom. The Hall–Kier alpha value is -5.14. The molecule has 4 aliphatic rings. The van der Waals surface area contributed by atoms with Gasteiger partial charge in [0.05, 0.1) is 24.5 Å². The zero-order valence-corrected chi connectivity index (χ0v) is 34.7. The van der Waals surface area contributed by atoms with Crippen LogP contribution in [0.5, 0.6) is 11.6 Å². The Morgan fingerprint density at radius 1 is 1.10 bits per heavy atom. The molecule has 2 aliphatic heterocycles. The predicted octanol–water partition coefficient (Wildman–Crippen LogP) is 4.61. The van der Waals surface area contributed by atoms with Crippen molar-refractivity contribution in [2.75, 3.05) is 13.7 Å². The van der Waals surface area contributed by atoms with E-state index >= 15 is 0 Å². The molecule has 2 saturated carbocycles. The number of hydrogen-bond donors (Lipinski definition) is 4. The number of benzene rings is 1. The van der Waals surface area contributed by atoms with E-state index in [0.717, 1.165) is 11.1 Å². The van der Waals surface area contributed by atoms with Crippen LogP contribution in [0.4, 0.5) is 18.0 Å². The Bertz CT molecular complexity index is 2180. The molecule has 7 atom stereocenters. The van der Waals surface area contributed by atoms with Gasteiger partial charge in [-0.2, -0.15) is 13.2 Å². The molecule has 20 heteroatoms. The number of aromatic carboxylic acids is 1. The molecule has 3 fully saturated rings. The lowest BCUT2D eigenvalue weighted by Gasteiger charge is -2.35. The third kappa shape index (κ3) is 9.27. The fraction of sp³-hybridized carbons (Fsp3) is 0.600. The number of carboxylic acids is 1. The lowest BCUT2D eigenvalue weighted by molar-refractivity contribution is -0.244. The number of halogens is 3. The number of nitrogens with zero attached hydrogens (tertiary/aromatic N) is 2. The van der Waals surface area contributed by atoms with Crippen LogP contribution in [-0.4, -0.2) is 108 Å². The molecule has 0 radical (unpaired) electrons. The van der Waals surface area contributed by atoms with Gasteiger partial charge in [0.25, 0.3) is 5.91 Å². The van der Waals surface area contributed by atoms with Crippen LogP contribution < -0.4 is 24.8 Å². The van der Waals surface area contributed by atoms with Gasteiger partial charge in [0.1, 0.15) is 29.5 Å². The maximum atomic E-state index is 14.9. The van der Waals surface area contributed by atoms with Crippen LogP contribution >= 0.6 is 0 Å². The Labute approximate surface area is 345 Å². The average molecular weight is 866 g/mol. The van der Waals surface area contributed by atoms with E-state index in [2.05, 4.69) is 20.3 Å². The zero-order valence-electron chi connectivity index (χ0n) is 33.8. The molecule has 1 saturated heterocycles. The van der Waals surface area contributed by atoms with Crippen LogP contribution in [0.1, 0.15) is 89.4 Å². The highest BCUT2D eigenvalue weighted by Crippen LogP contribution is 2.46. The van der Waals surface area contributed by atoms with E-state index in [1.807, 2.05) is 13.0 Å². The summed E-state index contributed by atoms with van der Waals surface area (Å²) in [4.78, 5) is 73.9. The van der Waals surface area contributed by atoms with Crippen molar-refractivity contribution in [3.63, 3.8) is 0 Å². The van der Waals surface area contributed by atoms with Gasteiger partial charge in [-0.15, -0.1) is 0 Å². The van der Waals surface area contributed by atoms with Crippen molar-refractivity contribution >= 4 is 50.6 Å². The van der Waals surface area contributed by atoms with Gasteiger partial charge in [-0.1, -0.05) is 32.4 Å². The lowest BCUT2D eigenvalue weighted by Crippen LogP contribution is -2.59. The lowest BCUT2D eigenvalue weighted by atomic mass is 9.85. The number of hydrogen-bond acceptors (Lipinski definition) is 11. The van der Waals surface area contributed by atoms with Crippen molar-refractivity contribution in [2.45, 2.75) is 120 Å². The standard InChI is InChI=1S/C40H50F3N5O11S/c1-6-22-15-21(2)9-7-8-10-23-18-39(23,36(53)47-60(55,56)26-12-13-26)46-32(49)30-17-25(20-48(30)34(50)31(22)45-37(54)59-38(3,4)40(41,42)43)58-33-27-14-11-24(57-5)16-28(27)29(19-44-33)35(51)52/h8,10-11,14,16,19,21-23,25-26,30-31H,6-7,9,12-13,15,17-18,20H2,1-5H3,(H,45,54)(H,46,49)(H,47,53)(H,51,52)/b10-8-/t21-,22-,23-,25-,30+,31+,39-/m1/s1. The number of fused-ring (bicyclic) bond motifs is 3. The number of sulfonamides is 1. The molecule has 3 heterocycles. The molecule has 4 amide bonds. The van der Waals surface area contributed by atoms with Crippen molar-refractivity contribution in [1.29, 1.82) is 0 Å². The molecular formula is C40H50F3N5O11S. The van der Waals surface area contributed by atoms with Crippen LogP contribution in [0.3, 0.4) is 0 Å². The number of methoxy groups -OCH3 is 1. The number of alkyl carbamates (subject to hydrolysis) is 1. The molecular weight excluding hydrogens is 816 g/mol. The first-order valence-corrected chi connectivity index (χ1v) is 21.4. The topological polar surface area (TPSA) is 220 Å².